The third-order valence-corrected chi connectivity index (χ3v) is 4.90. The second-order valence-corrected chi connectivity index (χ2v) is 6.14. The van der Waals surface area contributed by atoms with E-state index < -0.39 is 0 Å². The van der Waals surface area contributed by atoms with E-state index >= 15 is 0 Å². The number of nitrogens with zero attached hydrogens (tertiary/aromatic N) is 2. The smallest absolute Gasteiger partial charge is 0.136 e. The second kappa shape index (κ2) is 4.88. The molecule has 1 aromatic carbocycles. The molecule has 0 spiro atoms. The summed E-state index contributed by atoms with van der Waals surface area (Å²) in [6.45, 7) is 0. The monoisotopic (exact) mass is 284 g/mol. The van der Waals surface area contributed by atoms with Crippen molar-refractivity contribution < 1.29 is 9.84 Å². The lowest BCUT2D eigenvalue weighted by molar-refractivity contribution is 0.126. The number of ether oxygens (including phenoxy) is 1. The van der Waals surface area contributed by atoms with E-state index in [9.17, 15) is 5.11 Å². The molecule has 2 atom stereocenters. The van der Waals surface area contributed by atoms with E-state index in [1.54, 1.807) is 7.11 Å². The lowest BCUT2D eigenvalue weighted by atomic mass is 9.99. The maximum atomic E-state index is 9.97. The summed E-state index contributed by atoms with van der Waals surface area (Å²) < 4.78 is 5.31. The zero-order valence-corrected chi connectivity index (χ0v) is 12.2. The predicted molar refractivity (Wildman–Crippen MR) is 82.8 cm³/mol. The zero-order valence-electron chi connectivity index (χ0n) is 12.2. The van der Waals surface area contributed by atoms with Crippen LogP contribution in [0.3, 0.4) is 0 Å². The van der Waals surface area contributed by atoms with E-state index in [4.69, 9.17) is 4.74 Å². The SMILES string of the molecule is COc1ccc2c(N3C4CCC3CC(O)C4)nccc2c1. The van der Waals surface area contributed by atoms with Crippen molar-refractivity contribution in [1.82, 2.24) is 4.98 Å². The van der Waals surface area contributed by atoms with Gasteiger partial charge in [-0.15, -0.1) is 0 Å². The molecule has 1 N–H and O–H groups in total. The van der Waals surface area contributed by atoms with Crippen LogP contribution < -0.4 is 9.64 Å². The fraction of sp³-hybridized carbons (Fsp3) is 0.471. The number of methoxy groups -OCH3 is 1. The van der Waals surface area contributed by atoms with Crippen molar-refractivity contribution in [3.8, 4) is 5.75 Å². The lowest BCUT2D eigenvalue weighted by Gasteiger charge is -2.38. The van der Waals surface area contributed by atoms with Crippen molar-refractivity contribution in [2.75, 3.05) is 12.0 Å². The number of aliphatic hydroxyl groups excluding tert-OH is 1. The van der Waals surface area contributed by atoms with Crippen molar-refractivity contribution in [1.29, 1.82) is 0 Å². The number of pyridine rings is 1. The Morgan fingerprint density at radius 3 is 2.67 bits per heavy atom. The molecule has 4 nitrogen and oxygen atoms in total. The van der Waals surface area contributed by atoms with Crippen LogP contribution in [0.5, 0.6) is 5.75 Å². The minimum Gasteiger partial charge on any atom is -0.497 e. The molecule has 4 heteroatoms. The summed E-state index contributed by atoms with van der Waals surface area (Å²) in [5.74, 6) is 1.94. The van der Waals surface area contributed by atoms with Gasteiger partial charge in [0.15, 0.2) is 0 Å². The molecule has 0 saturated carbocycles. The first-order valence-corrected chi connectivity index (χ1v) is 7.65. The summed E-state index contributed by atoms with van der Waals surface area (Å²) >= 11 is 0. The van der Waals surface area contributed by atoms with Crippen LogP contribution >= 0.6 is 0 Å². The number of anilines is 1. The van der Waals surface area contributed by atoms with Crippen LogP contribution in [0.1, 0.15) is 25.7 Å². The van der Waals surface area contributed by atoms with Gasteiger partial charge in [0, 0.05) is 23.7 Å². The fourth-order valence-electron chi connectivity index (χ4n) is 3.97. The lowest BCUT2D eigenvalue weighted by Crippen LogP contribution is -2.45. The van der Waals surface area contributed by atoms with Gasteiger partial charge in [0.25, 0.3) is 0 Å². The molecule has 0 radical (unpaired) electrons. The molecular formula is C17H20N2O2. The van der Waals surface area contributed by atoms with Crippen LogP contribution in [-0.4, -0.2) is 35.4 Å². The Morgan fingerprint density at radius 2 is 1.95 bits per heavy atom. The highest BCUT2D eigenvalue weighted by Gasteiger charge is 2.41. The summed E-state index contributed by atoms with van der Waals surface area (Å²) in [4.78, 5) is 7.10. The van der Waals surface area contributed by atoms with Gasteiger partial charge in [0.05, 0.1) is 13.2 Å². The Morgan fingerprint density at radius 1 is 1.19 bits per heavy atom. The number of rotatable bonds is 2. The molecule has 110 valence electrons. The minimum atomic E-state index is -0.145. The van der Waals surface area contributed by atoms with Crippen molar-refractivity contribution >= 4 is 16.6 Å². The molecule has 21 heavy (non-hydrogen) atoms. The van der Waals surface area contributed by atoms with Crippen LogP contribution in [-0.2, 0) is 0 Å². The summed E-state index contributed by atoms with van der Waals surface area (Å²) in [5, 5.41) is 12.3. The average Bonchev–Trinajstić information content (AvgIpc) is 2.77. The number of aliphatic hydroxyl groups is 1. The normalized spacial score (nSPS) is 28.1. The van der Waals surface area contributed by atoms with Gasteiger partial charge in [0.1, 0.15) is 11.6 Å². The standard InChI is InChI=1S/C17H20N2O2/c1-21-15-4-5-16-11(8-15)6-7-18-17(16)19-12-2-3-13(19)10-14(20)9-12/h4-8,12-14,20H,2-3,9-10H2,1H3. The summed E-state index contributed by atoms with van der Waals surface area (Å²) in [7, 11) is 1.69. The summed E-state index contributed by atoms with van der Waals surface area (Å²) in [6, 6.07) is 9.04. The maximum absolute atomic E-state index is 9.97. The van der Waals surface area contributed by atoms with E-state index in [2.05, 4.69) is 22.0 Å². The number of aromatic nitrogens is 1. The van der Waals surface area contributed by atoms with E-state index in [0.29, 0.717) is 12.1 Å². The van der Waals surface area contributed by atoms with Crippen molar-refractivity contribution in [3.05, 3.63) is 30.5 Å². The molecule has 2 aromatic rings. The second-order valence-electron chi connectivity index (χ2n) is 6.14. The van der Waals surface area contributed by atoms with Gasteiger partial charge in [-0.25, -0.2) is 4.98 Å². The van der Waals surface area contributed by atoms with E-state index in [-0.39, 0.29) is 6.10 Å². The third-order valence-electron chi connectivity index (χ3n) is 4.90. The van der Waals surface area contributed by atoms with Crippen LogP contribution in [0.25, 0.3) is 10.8 Å². The molecule has 2 unspecified atom stereocenters. The van der Waals surface area contributed by atoms with Crippen molar-refractivity contribution in [2.24, 2.45) is 0 Å². The largest absolute Gasteiger partial charge is 0.497 e. The highest BCUT2D eigenvalue weighted by molar-refractivity contribution is 5.93. The molecule has 2 fully saturated rings. The molecule has 2 aliphatic rings. The van der Waals surface area contributed by atoms with E-state index in [1.807, 2.05) is 18.3 Å². The van der Waals surface area contributed by atoms with E-state index in [1.165, 1.54) is 5.39 Å². The van der Waals surface area contributed by atoms with Crippen molar-refractivity contribution in [2.45, 2.75) is 43.9 Å². The quantitative estimate of drug-likeness (QED) is 0.921. The van der Waals surface area contributed by atoms with Crippen LogP contribution in [0, 0.1) is 0 Å². The number of hydrogen-bond acceptors (Lipinski definition) is 4. The molecular weight excluding hydrogens is 264 g/mol. The topological polar surface area (TPSA) is 45.6 Å². The predicted octanol–water partition coefficient (Wildman–Crippen LogP) is 2.74. The Hall–Kier alpha value is -1.81. The Labute approximate surface area is 124 Å². The van der Waals surface area contributed by atoms with Crippen LogP contribution in [0.4, 0.5) is 5.82 Å². The summed E-state index contributed by atoms with van der Waals surface area (Å²) in [6.07, 6.45) is 5.79. The number of piperidine rings is 1. The maximum Gasteiger partial charge on any atom is 0.136 e. The molecule has 3 heterocycles. The van der Waals surface area contributed by atoms with Crippen LogP contribution in [0.2, 0.25) is 0 Å². The average molecular weight is 284 g/mol. The van der Waals surface area contributed by atoms with E-state index in [0.717, 1.165) is 42.6 Å². The molecule has 2 bridgehead atoms. The highest BCUT2D eigenvalue weighted by atomic mass is 16.5. The molecule has 0 amide bonds. The molecule has 0 aliphatic carbocycles. The first kappa shape index (κ1) is 12.9. The first-order valence-electron chi connectivity index (χ1n) is 7.65. The zero-order chi connectivity index (χ0) is 14.4. The molecule has 1 aromatic heterocycles. The minimum absolute atomic E-state index is 0.145. The highest BCUT2D eigenvalue weighted by Crippen LogP contribution is 2.41. The van der Waals surface area contributed by atoms with Gasteiger partial charge >= 0.3 is 0 Å². The number of benzene rings is 1. The Kier molecular flexibility index (Phi) is 3.00. The number of hydrogen-bond donors (Lipinski definition) is 1. The van der Waals surface area contributed by atoms with Gasteiger partial charge in [-0.3, -0.25) is 0 Å². The van der Waals surface area contributed by atoms with Gasteiger partial charge in [-0.05, 0) is 55.3 Å². The molecule has 4 rings (SSSR count). The van der Waals surface area contributed by atoms with Gasteiger partial charge in [-0.1, -0.05) is 0 Å². The number of fused-ring (bicyclic) bond motifs is 3. The van der Waals surface area contributed by atoms with Crippen LogP contribution in [0.15, 0.2) is 30.5 Å². The van der Waals surface area contributed by atoms with Gasteiger partial charge < -0.3 is 14.7 Å². The Bertz CT molecular complexity index is 659. The first-order chi connectivity index (χ1) is 10.3. The fourth-order valence-corrected chi connectivity index (χ4v) is 3.97. The molecule has 2 aliphatic heterocycles. The third kappa shape index (κ3) is 2.05. The summed E-state index contributed by atoms with van der Waals surface area (Å²) in [5.41, 5.74) is 0. The van der Waals surface area contributed by atoms with Crippen molar-refractivity contribution in [3.63, 3.8) is 0 Å². The van der Waals surface area contributed by atoms with Gasteiger partial charge in [-0.2, -0.15) is 0 Å². The Balaban J connectivity index is 1.80. The molecule has 2 saturated heterocycles. The van der Waals surface area contributed by atoms with Gasteiger partial charge in [0.2, 0.25) is 0 Å².